The zero-order valence-corrected chi connectivity index (χ0v) is 21.5. The molecule has 1 fully saturated rings. The molecule has 8 nitrogen and oxygen atoms in total. The number of carboxylic acid groups (broad SMARTS) is 1. The van der Waals surface area contributed by atoms with Crippen LogP contribution in [0, 0.1) is 0 Å². The lowest BCUT2D eigenvalue weighted by atomic mass is 9.92. The lowest BCUT2D eigenvalue weighted by Gasteiger charge is -2.34. The van der Waals surface area contributed by atoms with Crippen LogP contribution in [0.3, 0.4) is 0 Å². The highest BCUT2D eigenvalue weighted by Gasteiger charge is 2.22. The Bertz CT molecular complexity index is 1250. The maximum atomic E-state index is 11.8. The van der Waals surface area contributed by atoms with Crippen molar-refractivity contribution in [2.75, 3.05) is 44.2 Å². The second kappa shape index (κ2) is 11.8. The van der Waals surface area contributed by atoms with Crippen molar-refractivity contribution >= 4 is 23.5 Å². The number of ether oxygens (including phenoxy) is 2. The van der Waals surface area contributed by atoms with Crippen LogP contribution in [-0.4, -0.2) is 65.3 Å². The molecule has 0 amide bonds. The first-order valence-electron chi connectivity index (χ1n) is 12.7. The van der Waals surface area contributed by atoms with E-state index in [2.05, 4.69) is 31.9 Å². The summed E-state index contributed by atoms with van der Waals surface area (Å²) in [7, 11) is 0. The first-order chi connectivity index (χ1) is 18.0. The van der Waals surface area contributed by atoms with Crippen molar-refractivity contribution in [2.24, 2.45) is 0 Å². The highest BCUT2D eigenvalue weighted by molar-refractivity contribution is 6.30. The Labute approximate surface area is 221 Å². The quantitative estimate of drug-likeness (QED) is 0.440. The summed E-state index contributed by atoms with van der Waals surface area (Å²) < 4.78 is 11.8. The highest BCUT2D eigenvalue weighted by Crippen LogP contribution is 2.26. The zero-order chi connectivity index (χ0) is 25.6. The molecule has 0 saturated carbocycles. The van der Waals surface area contributed by atoms with Crippen molar-refractivity contribution < 1.29 is 19.4 Å². The van der Waals surface area contributed by atoms with Gasteiger partial charge in [-0.2, -0.15) is 0 Å². The molecule has 0 bridgehead atoms. The first-order valence-corrected chi connectivity index (χ1v) is 13.1. The molecule has 37 heavy (non-hydrogen) atoms. The van der Waals surface area contributed by atoms with Crippen LogP contribution in [0.4, 0.5) is 5.95 Å². The number of carbonyl (C=O) groups is 1. The lowest BCUT2D eigenvalue weighted by Crippen LogP contribution is -2.48. The Kier molecular flexibility index (Phi) is 8.06. The van der Waals surface area contributed by atoms with Gasteiger partial charge in [-0.15, -0.1) is 0 Å². The number of aromatic carboxylic acids is 1. The van der Waals surface area contributed by atoms with E-state index in [4.69, 9.17) is 21.1 Å². The van der Waals surface area contributed by atoms with Gasteiger partial charge < -0.3 is 19.5 Å². The Balaban J connectivity index is 1.17. The van der Waals surface area contributed by atoms with E-state index in [9.17, 15) is 9.90 Å². The van der Waals surface area contributed by atoms with Crippen molar-refractivity contribution in [1.82, 2.24) is 14.9 Å². The van der Waals surface area contributed by atoms with Gasteiger partial charge in [0.1, 0.15) is 30.3 Å². The average molecular weight is 523 g/mol. The van der Waals surface area contributed by atoms with Crippen LogP contribution in [0.2, 0.25) is 5.02 Å². The second-order valence-electron chi connectivity index (χ2n) is 9.40. The normalized spacial score (nSPS) is 15.8. The molecule has 0 unspecified atom stereocenters. The van der Waals surface area contributed by atoms with Gasteiger partial charge in [-0.3, -0.25) is 4.90 Å². The number of rotatable bonds is 9. The Hall–Kier alpha value is -3.36. The summed E-state index contributed by atoms with van der Waals surface area (Å²) in [6, 6.07) is 13.6. The standard InChI is InChI=1S/C28H31ClN4O4/c29-22-6-3-7-23(17-22)36-15-14-32-10-12-33(13-11-32)28-30-18-25(27(34)35)26(31-28)19-37-24-9-8-20-4-1-2-5-21(20)16-24/h3,6-9,16-18H,1-2,4-5,10-15,19H2,(H,34,35). The summed E-state index contributed by atoms with van der Waals surface area (Å²) in [6.45, 7) is 4.63. The number of carboxylic acids is 1. The van der Waals surface area contributed by atoms with Crippen LogP contribution in [0.1, 0.15) is 40.0 Å². The van der Waals surface area contributed by atoms with Gasteiger partial charge in [0.05, 0.1) is 5.69 Å². The number of aromatic nitrogens is 2. The Morgan fingerprint density at radius 3 is 2.54 bits per heavy atom. The number of anilines is 1. The van der Waals surface area contributed by atoms with Gasteiger partial charge in [0, 0.05) is 43.9 Å². The molecule has 0 atom stereocenters. The highest BCUT2D eigenvalue weighted by atomic mass is 35.5. The number of benzene rings is 2. The fraction of sp³-hybridized carbons (Fsp3) is 0.393. The third kappa shape index (κ3) is 6.50. The van der Waals surface area contributed by atoms with E-state index in [1.54, 1.807) is 0 Å². The molecule has 1 N–H and O–H groups in total. The molecule has 2 aromatic carbocycles. The number of aryl methyl sites for hydroxylation is 2. The van der Waals surface area contributed by atoms with Gasteiger partial charge in [-0.05, 0) is 67.1 Å². The molecular formula is C28H31ClN4O4. The maximum absolute atomic E-state index is 11.8. The van der Waals surface area contributed by atoms with Crippen LogP contribution in [-0.2, 0) is 19.4 Å². The topological polar surface area (TPSA) is 88.0 Å². The molecule has 0 spiro atoms. The predicted octanol–water partition coefficient (Wildman–Crippen LogP) is 4.49. The fourth-order valence-corrected chi connectivity index (χ4v) is 5.00. The predicted molar refractivity (Wildman–Crippen MR) is 142 cm³/mol. The minimum atomic E-state index is -1.06. The van der Waals surface area contributed by atoms with Gasteiger partial charge in [0.25, 0.3) is 0 Å². The van der Waals surface area contributed by atoms with E-state index in [-0.39, 0.29) is 12.2 Å². The molecule has 2 aliphatic rings. The first kappa shape index (κ1) is 25.3. The molecule has 194 valence electrons. The molecule has 2 heterocycles. The van der Waals surface area contributed by atoms with Crippen LogP contribution >= 0.6 is 11.6 Å². The molecule has 1 aliphatic heterocycles. The minimum Gasteiger partial charge on any atom is -0.492 e. The van der Waals surface area contributed by atoms with Crippen LogP contribution in [0.5, 0.6) is 11.5 Å². The molecular weight excluding hydrogens is 492 g/mol. The van der Waals surface area contributed by atoms with E-state index in [0.717, 1.165) is 57.1 Å². The van der Waals surface area contributed by atoms with E-state index in [1.165, 1.54) is 30.2 Å². The van der Waals surface area contributed by atoms with E-state index >= 15 is 0 Å². The molecule has 1 saturated heterocycles. The van der Waals surface area contributed by atoms with Crippen molar-refractivity contribution in [1.29, 1.82) is 0 Å². The molecule has 0 radical (unpaired) electrons. The van der Waals surface area contributed by atoms with Crippen molar-refractivity contribution in [2.45, 2.75) is 32.3 Å². The molecule has 3 aromatic rings. The molecule has 1 aromatic heterocycles. The third-order valence-electron chi connectivity index (χ3n) is 6.91. The number of halogens is 1. The molecule has 9 heteroatoms. The van der Waals surface area contributed by atoms with Crippen LogP contribution < -0.4 is 14.4 Å². The Morgan fingerprint density at radius 2 is 1.76 bits per heavy atom. The maximum Gasteiger partial charge on any atom is 0.339 e. The minimum absolute atomic E-state index is 0.0681. The summed E-state index contributed by atoms with van der Waals surface area (Å²) in [5, 5.41) is 10.3. The number of fused-ring (bicyclic) bond motifs is 1. The number of piperazine rings is 1. The summed E-state index contributed by atoms with van der Waals surface area (Å²) in [6.07, 6.45) is 5.97. The van der Waals surface area contributed by atoms with E-state index in [0.29, 0.717) is 23.3 Å². The summed E-state index contributed by atoms with van der Waals surface area (Å²) >= 11 is 6.01. The summed E-state index contributed by atoms with van der Waals surface area (Å²) in [4.78, 5) is 25.2. The van der Waals surface area contributed by atoms with Crippen LogP contribution in [0.25, 0.3) is 0 Å². The summed E-state index contributed by atoms with van der Waals surface area (Å²) in [5.74, 6) is 0.984. The van der Waals surface area contributed by atoms with E-state index in [1.807, 2.05) is 30.3 Å². The zero-order valence-electron chi connectivity index (χ0n) is 20.7. The summed E-state index contributed by atoms with van der Waals surface area (Å²) in [5.41, 5.74) is 3.15. The smallest absolute Gasteiger partial charge is 0.339 e. The lowest BCUT2D eigenvalue weighted by molar-refractivity contribution is 0.0692. The average Bonchev–Trinajstić information content (AvgIpc) is 2.92. The van der Waals surface area contributed by atoms with E-state index < -0.39 is 5.97 Å². The largest absolute Gasteiger partial charge is 0.492 e. The monoisotopic (exact) mass is 522 g/mol. The molecule has 1 aliphatic carbocycles. The van der Waals surface area contributed by atoms with Gasteiger partial charge >= 0.3 is 5.97 Å². The van der Waals surface area contributed by atoms with Crippen LogP contribution in [0.15, 0.2) is 48.7 Å². The molecule has 5 rings (SSSR count). The number of hydrogen-bond donors (Lipinski definition) is 1. The van der Waals surface area contributed by atoms with Gasteiger partial charge in [0.2, 0.25) is 5.95 Å². The third-order valence-corrected chi connectivity index (χ3v) is 7.14. The van der Waals surface area contributed by atoms with Crippen molar-refractivity contribution in [3.63, 3.8) is 0 Å². The Morgan fingerprint density at radius 1 is 0.973 bits per heavy atom. The van der Waals surface area contributed by atoms with Gasteiger partial charge in [-0.25, -0.2) is 14.8 Å². The van der Waals surface area contributed by atoms with Gasteiger partial charge in [-0.1, -0.05) is 23.7 Å². The SMILES string of the molecule is O=C(O)c1cnc(N2CCN(CCOc3cccc(Cl)c3)CC2)nc1COc1ccc2c(c1)CCCC2. The number of hydrogen-bond acceptors (Lipinski definition) is 7. The van der Waals surface area contributed by atoms with Crippen molar-refractivity contribution in [3.8, 4) is 11.5 Å². The van der Waals surface area contributed by atoms with Gasteiger partial charge in [0.15, 0.2) is 0 Å². The second-order valence-corrected chi connectivity index (χ2v) is 9.83. The van der Waals surface area contributed by atoms with Crippen molar-refractivity contribution in [3.05, 3.63) is 76.1 Å². The fourth-order valence-electron chi connectivity index (χ4n) is 4.82. The number of nitrogens with zero attached hydrogens (tertiary/aromatic N) is 4.